The van der Waals surface area contributed by atoms with Crippen molar-refractivity contribution in [3.63, 3.8) is 0 Å². The SMILES string of the molecule is CCN(CC)c1ccc2c(c1)OC(=O)C(/C=C/C(=O)NCCc1ccncc1)C2C. The van der Waals surface area contributed by atoms with Crippen LogP contribution in [0.15, 0.2) is 54.9 Å². The van der Waals surface area contributed by atoms with E-state index in [1.165, 1.54) is 6.08 Å². The minimum atomic E-state index is -0.484. The molecule has 0 fully saturated rings. The third-order valence-corrected chi connectivity index (χ3v) is 5.55. The zero-order valence-corrected chi connectivity index (χ0v) is 17.8. The molecule has 0 spiro atoms. The number of rotatable bonds is 8. The van der Waals surface area contributed by atoms with Gasteiger partial charge in [-0.25, -0.2) is 0 Å². The van der Waals surface area contributed by atoms with Crippen LogP contribution in [0, 0.1) is 5.92 Å². The molecule has 1 aliphatic rings. The lowest BCUT2D eigenvalue weighted by atomic mass is 9.84. The van der Waals surface area contributed by atoms with Crippen LogP contribution >= 0.6 is 0 Å². The molecule has 30 heavy (non-hydrogen) atoms. The van der Waals surface area contributed by atoms with E-state index in [2.05, 4.69) is 35.1 Å². The number of hydrogen-bond donors (Lipinski definition) is 1. The molecule has 0 radical (unpaired) electrons. The molecule has 1 aliphatic heterocycles. The summed E-state index contributed by atoms with van der Waals surface area (Å²) < 4.78 is 5.61. The quantitative estimate of drug-likeness (QED) is 0.412. The van der Waals surface area contributed by atoms with E-state index in [-0.39, 0.29) is 17.8 Å². The molecule has 1 aromatic heterocycles. The monoisotopic (exact) mass is 407 g/mol. The highest BCUT2D eigenvalue weighted by Crippen LogP contribution is 2.40. The fourth-order valence-corrected chi connectivity index (χ4v) is 3.72. The first kappa shape index (κ1) is 21.6. The summed E-state index contributed by atoms with van der Waals surface area (Å²) in [4.78, 5) is 30.9. The molecule has 3 rings (SSSR count). The van der Waals surface area contributed by atoms with Crippen LogP contribution in [0.4, 0.5) is 5.69 Å². The highest BCUT2D eigenvalue weighted by Gasteiger charge is 2.33. The van der Waals surface area contributed by atoms with Crippen LogP contribution in [-0.4, -0.2) is 36.5 Å². The Morgan fingerprint density at radius 3 is 2.63 bits per heavy atom. The molecule has 2 atom stereocenters. The molecule has 1 aromatic carbocycles. The molecule has 158 valence electrons. The Bertz CT molecular complexity index is 907. The topological polar surface area (TPSA) is 71.5 Å². The average Bonchev–Trinajstić information content (AvgIpc) is 2.75. The van der Waals surface area contributed by atoms with Gasteiger partial charge in [0.1, 0.15) is 5.75 Å². The van der Waals surface area contributed by atoms with Gasteiger partial charge in [-0.1, -0.05) is 19.1 Å². The lowest BCUT2D eigenvalue weighted by Crippen LogP contribution is -2.30. The van der Waals surface area contributed by atoms with Gasteiger partial charge in [-0.3, -0.25) is 14.6 Å². The minimum absolute atomic E-state index is 0.0622. The standard InChI is InChI=1S/C24H29N3O3/c1-4-27(5-2)19-6-7-20-17(3)21(24(29)30-22(20)16-19)8-9-23(28)26-15-12-18-10-13-25-14-11-18/h6-11,13-14,16-17,21H,4-5,12,15H2,1-3H3,(H,26,28)/b9-8+. The normalized spacial score (nSPS) is 18.0. The number of carbonyl (C=O) groups excluding carboxylic acids is 2. The van der Waals surface area contributed by atoms with Crippen LogP contribution in [-0.2, 0) is 16.0 Å². The van der Waals surface area contributed by atoms with Crippen LogP contribution in [0.3, 0.4) is 0 Å². The highest BCUT2D eigenvalue weighted by atomic mass is 16.5. The maximum atomic E-state index is 12.6. The van der Waals surface area contributed by atoms with Gasteiger partial charge in [0, 0.05) is 49.7 Å². The van der Waals surface area contributed by atoms with E-state index >= 15 is 0 Å². The summed E-state index contributed by atoms with van der Waals surface area (Å²) in [7, 11) is 0. The molecule has 0 aliphatic carbocycles. The van der Waals surface area contributed by atoms with Crippen molar-refractivity contribution in [2.75, 3.05) is 24.5 Å². The van der Waals surface area contributed by atoms with Gasteiger partial charge in [0.25, 0.3) is 0 Å². The second-order valence-corrected chi connectivity index (χ2v) is 7.39. The predicted octanol–water partition coefficient (Wildman–Crippen LogP) is 3.48. The Kier molecular flexibility index (Phi) is 7.22. The molecule has 0 saturated heterocycles. The predicted molar refractivity (Wildman–Crippen MR) is 118 cm³/mol. The van der Waals surface area contributed by atoms with Gasteiger partial charge in [-0.15, -0.1) is 0 Å². The summed E-state index contributed by atoms with van der Waals surface area (Å²) >= 11 is 0. The second-order valence-electron chi connectivity index (χ2n) is 7.39. The number of aromatic nitrogens is 1. The maximum absolute atomic E-state index is 12.6. The average molecular weight is 408 g/mol. The van der Waals surface area contributed by atoms with Crippen molar-refractivity contribution in [3.05, 3.63) is 66.0 Å². The van der Waals surface area contributed by atoms with E-state index in [1.807, 2.05) is 31.2 Å². The van der Waals surface area contributed by atoms with Gasteiger partial charge in [0.2, 0.25) is 5.91 Å². The first-order chi connectivity index (χ1) is 14.5. The van der Waals surface area contributed by atoms with E-state index in [1.54, 1.807) is 18.5 Å². The Hall–Kier alpha value is -3.15. The van der Waals surface area contributed by atoms with Gasteiger partial charge >= 0.3 is 5.97 Å². The van der Waals surface area contributed by atoms with E-state index in [0.29, 0.717) is 12.3 Å². The van der Waals surface area contributed by atoms with Crippen molar-refractivity contribution < 1.29 is 14.3 Å². The highest BCUT2D eigenvalue weighted by molar-refractivity contribution is 5.89. The molecule has 2 unspecified atom stereocenters. The third-order valence-electron chi connectivity index (χ3n) is 5.55. The number of benzene rings is 1. The summed E-state index contributed by atoms with van der Waals surface area (Å²) in [5, 5.41) is 2.85. The third kappa shape index (κ3) is 5.06. The molecule has 0 bridgehead atoms. The van der Waals surface area contributed by atoms with Gasteiger partial charge in [-0.2, -0.15) is 0 Å². The van der Waals surface area contributed by atoms with E-state index in [9.17, 15) is 9.59 Å². The smallest absolute Gasteiger partial charge is 0.318 e. The van der Waals surface area contributed by atoms with Crippen LogP contribution in [0.25, 0.3) is 0 Å². The van der Waals surface area contributed by atoms with Crippen LogP contribution in [0.1, 0.15) is 37.8 Å². The van der Waals surface area contributed by atoms with Gasteiger partial charge in [-0.05, 0) is 55.7 Å². The molecular weight excluding hydrogens is 378 g/mol. The zero-order valence-electron chi connectivity index (χ0n) is 17.8. The van der Waals surface area contributed by atoms with Crippen molar-refractivity contribution in [2.45, 2.75) is 33.1 Å². The Morgan fingerprint density at radius 1 is 1.20 bits per heavy atom. The molecule has 2 aromatic rings. The molecule has 6 heteroatoms. The summed E-state index contributed by atoms with van der Waals surface area (Å²) in [5.74, 6) is -0.474. The second kappa shape index (κ2) is 10.1. The lowest BCUT2D eigenvalue weighted by molar-refractivity contribution is -0.139. The van der Waals surface area contributed by atoms with Crippen molar-refractivity contribution in [3.8, 4) is 5.75 Å². The van der Waals surface area contributed by atoms with Crippen molar-refractivity contribution in [1.82, 2.24) is 10.3 Å². The molecule has 0 saturated carbocycles. The summed E-state index contributed by atoms with van der Waals surface area (Å²) in [6, 6.07) is 9.86. The Morgan fingerprint density at radius 2 is 1.93 bits per heavy atom. The van der Waals surface area contributed by atoms with Gasteiger partial charge in [0.15, 0.2) is 0 Å². The zero-order chi connectivity index (χ0) is 21.5. The van der Waals surface area contributed by atoms with Crippen LogP contribution in [0.2, 0.25) is 0 Å². The minimum Gasteiger partial charge on any atom is -0.426 e. The van der Waals surface area contributed by atoms with Crippen molar-refractivity contribution >= 4 is 17.6 Å². The van der Waals surface area contributed by atoms with E-state index in [0.717, 1.165) is 36.3 Å². The lowest BCUT2D eigenvalue weighted by Gasteiger charge is -2.29. The first-order valence-electron chi connectivity index (χ1n) is 10.5. The number of amides is 1. The van der Waals surface area contributed by atoms with E-state index < -0.39 is 5.92 Å². The number of pyridine rings is 1. The fourth-order valence-electron chi connectivity index (χ4n) is 3.72. The number of fused-ring (bicyclic) bond motifs is 1. The molecule has 6 nitrogen and oxygen atoms in total. The number of nitrogens with one attached hydrogen (secondary N) is 1. The molecular formula is C24H29N3O3. The molecule has 1 N–H and O–H groups in total. The van der Waals surface area contributed by atoms with Crippen molar-refractivity contribution in [2.24, 2.45) is 5.92 Å². The number of hydrogen-bond acceptors (Lipinski definition) is 5. The fraction of sp³-hybridized carbons (Fsp3) is 0.375. The summed E-state index contributed by atoms with van der Waals surface area (Å²) in [6.45, 7) is 8.49. The van der Waals surface area contributed by atoms with Crippen LogP contribution < -0.4 is 15.0 Å². The van der Waals surface area contributed by atoms with Gasteiger partial charge < -0.3 is 15.0 Å². The summed E-state index contributed by atoms with van der Waals surface area (Å²) in [5.41, 5.74) is 3.14. The number of nitrogens with zero attached hydrogens (tertiary/aromatic N) is 2. The maximum Gasteiger partial charge on any atom is 0.318 e. The number of esters is 1. The molecule has 1 amide bonds. The Labute approximate surface area is 178 Å². The largest absolute Gasteiger partial charge is 0.426 e. The van der Waals surface area contributed by atoms with E-state index in [4.69, 9.17) is 4.74 Å². The number of anilines is 1. The van der Waals surface area contributed by atoms with Gasteiger partial charge in [0.05, 0.1) is 5.92 Å². The first-order valence-corrected chi connectivity index (χ1v) is 10.5. The molecule has 2 heterocycles. The number of carbonyl (C=O) groups is 2. The van der Waals surface area contributed by atoms with Crippen LogP contribution in [0.5, 0.6) is 5.75 Å². The number of ether oxygens (including phenoxy) is 1. The van der Waals surface area contributed by atoms with Crippen molar-refractivity contribution in [1.29, 1.82) is 0 Å². The Balaban J connectivity index is 1.62. The summed E-state index contributed by atoms with van der Waals surface area (Å²) in [6.07, 6.45) is 7.28.